The molecule has 2 aromatic rings. The van der Waals surface area contributed by atoms with Crippen LogP contribution in [-0.2, 0) is 11.4 Å². The van der Waals surface area contributed by atoms with Crippen LogP contribution >= 0.6 is 11.3 Å². The van der Waals surface area contributed by atoms with E-state index < -0.39 is 0 Å². The Labute approximate surface area is 159 Å². The standard InChI is InChI=1S/C21H26N2O2S/c1-15-6-9-18(10-7-15)23-21(24)11-8-17-4-3-5-20(12-17)25-13-19-14-26-16(2)22-19/h3-5,8,11-12,14-15,18H,6-7,9-10,13H2,1-2H3,(H,23,24). The number of nitrogens with one attached hydrogen (secondary N) is 1. The minimum absolute atomic E-state index is 0.0196. The molecule has 1 amide bonds. The summed E-state index contributed by atoms with van der Waals surface area (Å²) in [6.45, 7) is 4.72. The number of hydrogen-bond acceptors (Lipinski definition) is 4. The molecule has 1 aromatic heterocycles. The molecule has 0 radical (unpaired) electrons. The minimum Gasteiger partial charge on any atom is -0.487 e. The first-order valence-corrected chi connectivity index (χ1v) is 10.1. The number of carbonyl (C=O) groups excluding carboxylic acids is 1. The van der Waals surface area contributed by atoms with Crippen molar-refractivity contribution < 1.29 is 9.53 Å². The maximum Gasteiger partial charge on any atom is 0.244 e. The smallest absolute Gasteiger partial charge is 0.244 e. The van der Waals surface area contributed by atoms with Crippen LogP contribution < -0.4 is 10.1 Å². The molecule has 26 heavy (non-hydrogen) atoms. The van der Waals surface area contributed by atoms with Crippen LogP contribution in [0, 0.1) is 12.8 Å². The van der Waals surface area contributed by atoms with E-state index in [4.69, 9.17) is 4.74 Å². The molecule has 0 aliphatic heterocycles. The molecular weight excluding hydrogens is 344 g/mol. The quantitative estimate of drug-likeness (QED) is 0.747. The maximum atomic E-state index is 12.1. The topological polar surface area (TPSA) is 51.2 Å². The summed E-state index contributed by atoms with van der Waals surface area (Å²) in [5.74, 6) is 1.54. The van der Waals surface area contributed by atoms with Crippen molar-refractivity contribution in [2.24, 2.45) is 5.92 Å². The first-order valence-electron chi connectivity index (χ1n) is 9.21. The SMILES string of the molecule is Cc1nc(COc2cccc(C=CC(=O)NC3CCC(C)CC3)c2)cs1. The van der Waals surface area contributed by atoms with Gasteiger partial charge in [0.2, 0.25) is 5.91 Å². The second-order valence-corrected chi connectivity index (χ2v) is 8.08. The third kappa shape index (κ3) is 5.70. The van der Waals surface area contributed by atoms with E-state index in [1.807, 2.05) is 42.6 Å². The van der Waals surface area contributed by atoms with Crippen LogP contribution in [-0.4, -0.2) is 16.9 Å². The van der Waals surface area contributed by atoms with Crippen LogP contribution in [0.3, 0.4) is 0 Å². The van der Waals surface area contributed by atoms with E-state index in [0.29, 0.717) is 12.6 Å². The number of amides is 1. The van der Waals surface area contributed by atoms with Gasteiger partial charge in [0.05, 0.1) is 10.7 Å². The van der Waals surface area contributed by atoms with Crippen molar-refractivity contribution in [2.75, 3.05) is 0 Å². The maximum absolute atomic E-state index is 12.1. The molecule has 0 bridgehead atoms. The molecule has 1 aromatic carbocycles. The molecule has 1 fully saturated rings. The van der Waals surface area contributed by atoms with Gasteiger partial charge in [0.25, 0.3) is 0 Å². The normalized spacial score (nSPS) is 20.2. The van der Waals surface area contributed by atoms with Crippen molar-refractivity contribution in [2.45, 2.75) is 52.2 Å². The molecule has 1 aliphatic carbocycles. The van der Waals surface area contributed by atoms with Gasteiger partial charge >= 0.3 is 0 Å². The molecule has 0 saturated heterocycles. The number of ether oxygens (including phenoxy) is 1. The lowest BCUT2D eigenvalue weighted by Gasteiger charge is -2.26. The number of aromatic nitrogens is 1. The summed E-state index contributed by atoms with van der Waals surface area (Å²) in [7, 11) is 0. The van der Waals surface area contributed by atoms with Gasteiger partial charge in [-0.15, -0.1) is 11.3 Å². The number of thiazole rings is 1. The van der Waals surface area contributed by atoms with Crippen LogP contribution in [0.4, 0.5) is 0 Å². The zero-order chi connectivity index (χ0) is 18.4. The van der Waals surface area contributed by atoms with Crippen LogP contribution in [0.25, 0.3) is 6.08 Å². The molecule has 0 spiro atoms. The van der Waals surface area contributed by atoms with Gasteiger partial charge in [-0.3, -0.25) is 4.79 Å². The summed E-state index contributed by atoms with van der Waals surface area (Å²) in [6, 6.07) is 8.07. The van der Waals surface area contributed by atoms with E-state index in [2.05, 4.69) is 17.2 Å². The summed E-state index contributed by atoms with van der Waals surface area (Å²) in [5, 5.41) is 6.16. The van der Waals surface area contributed by atoms with E-state index in [0.717, 1.165) is 40.8 Å². The molecule has 0 unspecified atom stereocenters. The molecule has 3 rings (SSSR count). The van der Waals surface area contributed by atoms with Gasteiger partial charge in [-0.2, -0.15) is 0 Å². The summed E-state index contributed by atoms with van der Waals surface area (Å²) in [4.78, 5) is 16.5. The van der Waals surface area contributed by atoms with Crippen molar-refractivity contribution in [1.82, 2.24) is 10.3 Å². The zero-order valence-electron chi connectivity index (χ0n) is 15.4. The first kappa shape index (κ1) is 18.6. The second kappa shape index (κ2) is 8.99. The minimum atomic E-state index is -0.0196. The van der Waals surface area contributed by atoms with Gasteiger partial charge in [0, 0.05) is 17.5 Å². The first-order chi connectivity index (χ1) is 12.6. The van der Waals surface area contributed by atoms with Crippen LogP contribution in [0.5, 0.6) is 5.75 Å². The number of carbonyl (C=O) groups is 1. The largest absolute Gasteiger partial charge is 0.487 e. The predicted octanol–water partition coefficient (Wildman–Crippen LogP) is 4.74. The summed E-state index contributed by atoms with van der Waals surface area (Å²) >= 11 is 1.62. The molecule has 1 aliphatic rings. The Morgan fingerprint density at radius 1 is 1.35 bits per heavy atom. The van der Waals surface area contributed by atoms with Gasteiger partial charge in [-0.1, -0.05) is 19.1 Å². The lowest BCUT2D eigenvalue weighted by Crippen LogP contribution is -2.36. The van der Waals surface area contributed by atoms with E-state index in [1.54, 1.807) is 17.4 Å². The van der Waals surface area contributed by atoms with Crippen molar-refractivity contribution in [3.63, 3.8) is 0 Å². The third-order valence-corrected chi connectivity index (χ3v) is 5.52. The Morgan fingerprint density at radius 3 is 2.88 bits per heavy atom. The summed E-state index contributed by atoms with van der Waals surface area (Å²) in [6.07, 6.45) is 8.01. The monoisotopic (exact) mass is 370 g/mol. The lowest BCUT2D eigenvalue weighted by molar-refractivity contribution is -0.117. The lowest BCUT2D eigenvalue weighted by atomic mass is 9.87. The fourth-order valence-electron chi connectivity index (χ4n) is 3.17. The highest BCUT2D eigenvalue weighted by Gasteiger charge is 2.18. The van der Waals surface area contributed by atoms with Gasteiger partial charge in [-0.25, -0.2) is 4.98 Å². The molecule has 138 valence electrons. The predicted molar refractivity (Wildman–Crippen MR) is 106 cm³/mol. The number of hydrogen-bond donors (Lipinski definition) is 1. The summed E-state index contributed by atoms with van der Waals surface area (Å²) in [5.41, 5.74) is 1.89. The average Bonchev–Trinajstić information content (AvgIpc) is 3.06. The fourth-order valence-corrected chi connectivity index (χ4v) is 3.76. The van der Waals surface area contributed by atoms with Crippen LogP contribution in [0.15, 0.2) is 35.7 Å². The molecule has 5 heteroatoms. The number of benzene rings is 1. The molecule has 1 N–H and O–H groups in total. The number of aryl methyl sites for hydroxylation is 1. The Kier molecular flexibility index (Phi) is 6.45. The Morgan fingerprint density at radius 2 is 2.15 bits per heavy atom. The second-order valence-electron chi connectivity index (χ2n) is 7.02. The van der Waals surface area contributed by atoms with Gasteiger partial charge < -0.3 is 10.1 Å². The highest BCUT2D eigenvalue weighted by molar-refractivity contribution is 7.09. The zero-order valence-corrected chi connectivity index (χ0v) is 16.2. The Hall–Kier alpha value is -2.14. The molecular formula is C21H26N2O2S. The number of nitrogens with zero attached hydrogens (tertiary/aromatic N) is 1. The van der Waals surface area contributed by atoms with E-state index in [-0.39, 0.29) is 5.91 Å². The number of rotatable bonds is 6. The Bertz CT molecular complexity index is 761. The average molecular weight is 371 g/mol. The van der Waals surface area contributed by atoms with Gasteiger partial charge in [0.15, 0.2) is 0 Å². The van der Waals surface area contributed by atoms with Gasteiger partial charge in [-0.05, 0) is 62.3 Å². The van der Waals surface area contributed by atoms with E-state index in [9.17, 15) is 4.79 Å². The van der Waals surface area contributed by atoms with Crippen molar-refractivity contribution in [1.29, 1.82) is 0 Å². The molecule has 1 saturated carbocycles. The molecule has 0 atom stereocenters. The molecule has 4 nitrogen and oxygen atoms in total. The highest BCUT2D eigenvalue weighted by atomic mass is 32.1. The van der Waals surface area contributed by atoms with E-state index in [1.165, 1.54) is 12.8 Å². The Balaban J connectivity index is 1.50. The van der Waals surface area contributed by atoms with Crippen LogP contribution in [0.2, 0.25) is 0 Å². The van der Waals surface area contributed by atoms with Crippen molar-refractivity contribution >= 4 is 23.3 Å². The van der Waals surface area contributed by atoms with Crippen LogP contribution in [0.1, 0.15) is 48.9 Å². The van der Waals surface area contributed by atoms with Crippen molar-refractivity contribution in [3.05, 3.63) is 52.0 Å². The van der Waals surface area contributed by atoms with Gasteiger partial charge in [0.1, 0.15) is 12.4 Å². The van der Waals surface area contributed by atoms with Crippen molar-refractivity contribution in [3.8, 4) is 5.75 Å². The third-order valence-electron chi connectivity index (χ3n) is 4.70. The molecule has 1 heterocycles. The fraction of sp³-hybridized carbons (Fsp3) is 0.429. The highest BCUT2D eigenvalue weighted by Crippen LogP contribution is 2.23. The van der Waals surface area contributed by atoms with E-state index >= 15 is 0 Å². The summed E-state index contributed by atoms with van der Waals surface area (Å²) < 4.78 is 5.79.